The SMILES string of the molecule is O=CCc1cc([N+](=O)[O-])ccc1OC(F)F. The molecule has 0 fully saturated rings. The molecule has 0 spiro atoms. The molecule has 5 nitrogen and oxygen atoms in total. The molecule has 0 saturated carbocycles. The molecule has 0 unspecified atom stereocenters. The summed E-state index contributed by atoms with van der Waals surface area (Å²) in [6.45, 7) is -3.04. The van der Waals surface area contributed by atoms with Crippen molar-refractivity contribution in [1.82, 2.24) is 0 Å². The summed E-state index contributed by atoms with van der Waals surface area (Å²) in [5.41, 5.74) is -0.219. The van der Waals surface area contributed by atoms with E-state index >= 15 is 0 Å². The van der Waals surface area contributed by atoms with Gasteiger partial charge in [0.1, 0.15) is 12.0 Å². The smallest absolute Gasteiger partial charge is 0.387 e. The third-order valence-electron chi connectivity index (χ3n) is 1.77. The van der Waals surface area contributed by atoms with Gasteiger partial charge in [0.2, 0.25) is 0 Å². The average molecular weight is 231 g/mol. The van der Waals surface area contributed by atoms with Gasteiger partial charge in [-0.3, -0.25) is 10.1 Å². The van der Waals surface area contributed by atoms with E-state index in [0.717, 1.165) is 18.2 Å². The van der Waals surface area contributed by atoms with Crippen molar-refractivity contribution in [3.05, 3.63) is 33.9 Å². The van der Waals surface area contributed by atoms with Gasteiger partial charge in [0.15, 0.2) is 0 Å². The van der Waals surface area contributed by atoms with E-state index in [1.807, 2.05) is 0 Å². The van der Waals surface area contributed by atoms with Crippen molar-refractivity contribution in [3.8, 4) is 5.75 Å². The zero-order valence-electron chi connectivity index (χ0n) is 7.93. The summed E-state index contributed by atoms with van der Waals surface area (Å²) in [5.74, 6) is -0.229. The lowest BCUT2D eigenvalue weighted by atomic mass is 10.1. The lowest BCUT2D eigenvalue weighted by Crippen LogP contribution is -2.05. The Hall–Kier alpha value is -2.05. The van der Waals surface area contributed by atoms with Gasteiger partial charge < -0.3 is 9.53 Å². The second-order valence-electron chi connectivity index (χ2n) is 2.80. The highest BCUT2D eigenvalue weighted by atomic mass is 19.3. The van der Waals surface area contributed by atoms with Crippen LogP contribution in [0.15, 0.2) is 18.2 Å². The van der Waals surface area contributed by atoms with Crippen molar-refractivity contribution in [2.45, 2.75) is 13.0 Å². The lowest BCUT2D eigenvalue weighted by Gasteiger charge is -2.08. The van der Waals surface area contributed by atoms with Gasteiger partial charge in [0.25, 0.3) is 5.69 Å². The number of halogens is 2. The van der Waals surface area contributed by atoms with E-state index in [-0.39, 0.29) is 23.4 Å². The molecule has 1 rings (SSSR count). The fourth-order valence-electron chi connectivity index (χ4n) is 1.14. The molecule has 1 aromatic rings. The molecule has 0 amide bonds. The Morgan fingerprint density at radius 1 is 1.50 bits per heavy atom. The van der Waals surface area contributed by atoms with Crippen LogP contribution < -0.4 is 4.74 Å². The van der Waals surface area contributed by atoms with E-state index in [9.17, 15) is 23.7 Å². The maximum atomic E-state index is 12.0. The number of hydrogen-bond donors (Lipinski definition) is 0. The summed E-state index contributed by atoms with van der Waals surface area (Å²) >= 11 is 0. The van der Waals surface area contributed by atoms with Crippen LogP contribution in [0.5, 0.6) is 5.75 Å². The molecule has 0 aliphatic rings. The van der Waals surface area contributed by atoms with Gasteiger partial charge in [-0.05, 0) is 6.07 Å². The molecule has 0 N–H and O–H groups in total. The zero-order chi connectivity index (χ0) is 12.1. The van der Waals surface area contributed by atoms with Crippen molar-refractivity contribution in [3.63, 3.8) is 0 Å². The van der Waals surface area contributed by atoms with E-state index in [4.69, 9.17) is 0 Å². The summed E-state index contributed by atoms with van der Waals surface area (Å²) < 4.78 is 28.0. The van der Waals surface area contributed by atoms with Crippen LogP contribution in [0.25, 0.3) is 0 Å². The molecule has 86 valence electrons. The third kappa shape index (κ3) is 2.97. The summed E-state index contributed by atoms with van der Waals surface area (Å²) in [6, 6.07) is 3.11. The van der Waals surface area contributed by atoms with E-state index in [1.54, 1.807) is 0 Å². The first kappa shape index (κ1) is 12.0. The number of rotatable bonds is 5. The first-order valence-corrected chi connectivity index (χ1v) is 4.20. The van der Waals surface area contributed by atoms with E-state index in [0.29, 0.717) is 6.29 Å². The number of alkyl halides is 2. The Balaban J connectivity index is 3.08. The number of ether oxygens (including phenoxy) is 1. The molecule has 0 saturated heterocycles. The minimum absolute atomic E-state index is 0.0597. The van der Waals surface area contributed by atoms with Crippen LogP contribution in [-0.2, 0) is 11.2 Å². The first-order chi connectivity index (χ1) is 7.54. The molecular weight excluding hydrogens is 224 g/mol. The monoisotopic (exact) mass is 231 g/mol. The molecule has 0 aliphatic heterocycles. The largest absolute Gasteiger partial charge is 0.435 e. The maximum Gasteiger partial charge on any atom is 0.387 e. The number of nitro benzene ring substituents is 1. The number of non-ortho nitro benzene ring substituents is 1. The number of carbonyl (C=O) groups excluding carboxylic acids is 1. The second-order valence-corrected chi connectivity index (χ2v) is 2.80. The van der Waals surface area contributed by atoms with Gasteiger partial charge in [0, 0.05) is 24.1 Å². The van der Waals surface area contributed by atoms with Crippen LogP contribution in [-0.4, -0.2) is 17.8 Å². The number of nitrogens with zero attached hydrogens (tertiary/aromatic N) is 1. The van der Waals surface area contributed by atoms with E-state index < -0.39 is 11.5 Å². The van der Waals surface area contributed by atoms with Crippen molar-refractivity contribution in [2.75, 3.05) is 0 Å². The highest BCUT2D eigenvalue weighted by molar-refractivity contribution is 5.59. The Morgan fingerprint density at radius 3 is 2.69 bits per heavy atom. The fraction of sp³-hybridized carbons (Fsp3) is 0.222. The first-order valence-electron chi connectivity index (χ1n) is 4.20. The minimum atomic E-state index is -3.04. The van der Waals surface area contributed by atoms with Gasteiger partial charge in [-0.15, -0.1) is 0 Å². The highest BCUT2D eigenvalue weighted by Gasteiger charge is 2.14. The molecular formula is C9H7F2NO4. The Labute approximate surface area is 88.8 Å². The van der Waals surface area contributed by atoms with Gasteiger partial charge in [-0.1, -0.05) is 0 Å². The van der Waals surface area contributed by atoms with Crippen molar-refractivity contribution < 1.29 is 23.2 Å². The van der Waals surface area contributed by atoms with Gasteiger partial charge in [-0.25, -0.2) is 0 Å². The van der Waals surface area contributed by atoms with Gasteiger partial charge in [0.05, 0.1) is 4.92 Å². The van der Waals surface area contributed by atoms with Crippen LogP contribution in [0.2, 0.25) is 0 Å². The topological polar surface area (TPSA) is 69.4 Å². The van der Waals surface area contributed by atoms with Crippen LogP contribution in [0.4, 0.5) is 14.5 Å². The number of hydrogen-bond acceptors (Lipinski definition) is 4. The number of benzene rings is 1. The van der Waals surface area contributed by atoms with Crippen LogP contribution in [0.3, 0.4) is 0 Å². The molecule has 16 heavy (non-hydrogen) atoms. The number of aldehydes is 1. The third-order valence-corrected chi connectivity index (χ3v) is 1.77. The molecule has 0 aromatic heterocycles. The zero-order valence-corrected chi connectivity index (χ0v) is 7.93. The Kier molecular flexibility index (Phi) is 3.87. The standard InChI is InChI=1S/C9H7F2NO4/c10-9(11)16-8-2-1-7(12(14)15)5-6(8)3-4-13/h1-2,4-5,9H,3H2. The average Bonchev–Trinajstić information content (AvgIpc) is 2.20. The molecule has 0 radical (unpaired) electrons. The number of carbonyl (C=O) groups is 1. The Bertz CT molecular complexity index is 408. The van der Waals surface area contributed by atoms with Crippen LogP contribution in [0.1, 0.15) is 5.56 Å². The van der Waals surface area contributed by atoms with Crippen LogP contribution in [0, 0.1) is 10.1 Å². The van der Waals surface area contributed by atoms with Crippen molar-refractivity contribution >= 4 is 12.0 Å². The molecule has 1 aromatic carbocycles. The van der Waals surface area contributed by atoms with Crippen molar-refractivity contribution in [2.24, 2.45) is 0 Å². The minimum Gasteiger partial charge on any atom is -0.435 e. The number of nitro groups is 1. The predicted molar refractivity (Wildman–Crippen MR) is 49.5 cm³/mol. The fourth-order valence-corrected chi connectivity index (χ4v) is 1.14. The summed E-state index contributed by atoms with van der Waals surface area (Å²) in [6.07, 6.45) is 0.237. The molecule has 0 atom stereocenters. The quantitative estimate of drug-likeness (QED) is 0.441. The van der Waals surface area contributed by atoms with E-state index in [1.165, 1.54) is 0 Å². The lowest BCUT2D eigenvalue weighted by molar-refractivity contribution is -0.384. The second kappa shape index (κ2) is 5.15. The predicted octanol–water partition coefficient (Wildman–Crippen LogP) is 1.94. The Morgan fingerprint density at radius 2 is 2.19 bits per heavy atom. The summed E-state index contributed by atoms with van der Waals surface area (Å²) in [4.78, 5) is 20.0. The normalized spacial score (nSPS) is 10.2. The van der Waals surface area contributed by atoms with E-state index in [2.05, 4.69) is 4.74 Å². The highest BCUT2D eigenvalue weighted by Crippen LogP contribution is 2.25. The summed E-state index contributed by atoms with van der Waals surface area (Å²) in [5, 5.41) is 10.4. The van der Waals surface area contributed by atoms with Crippen molar-refractivity contribution in [1.29, 1.82) is 0 Å². The van der Waals surface area contributed by atoms with Gasteiger partial charge >= 0.3 is 6.61 Å². The van der Waals surface area contributed by atoms with Crippen LogP contribution >= 0.6 is 0 Å². The maximum absolute atomic E-state index is 12.0. The molecule has 0 bridgehead atoms. The molecule has 7 heteroatoms. The van der Waals surface area contributed by atoms with Gasteiger partial charge in [-0.2, -0.15) is 8.78 Å². The molecule has 0 aliphatic carbocycles. The molecule has 0 heterocycles. The summed E-state index contributed by atoms with van der Waals surface area (Å²) in [7, 11) is 0.